The molecule has 2 heterocycles. The molecule has 3 heteroatoms. The van der Waals surface area contributed by atoms with Crippen molar-refractivity contribution in [3.63, 3.8) is 0 Å². The van der Waals surface area contributed by atoms with Crippen LogP contribution in [0.2, 0.25) is 0 Å². The largest absolute Gasteiger partial charge is 0.189 e. The summed E-state index contributed by atoms with van der Waals surface area (Å²) in [6.07, 6.45) is 0. The molecule has 0 saturated carbocycles. The molecule has 1 aliphatic heterocycles. The van der Waals surface area contributed by atoms with Crippen LogP contribution in [0.3, 0.4) is 0 Å². The Balaban J connectivity index is 2.17. The summed E-state index contributed by atoms with van der Waals surface area (Å²) in [6, 6.07) is 10.5. The molecule has 80 valence electrons. The highest BCUT2D eigenvalue weighted by molar-refractivity contribution is 7.15. The summed E-state index contributed by atoms with van der Waals surface area (Å²) in [4.78, 5) is 2.75. The van der Waals surface area contributed by atoms with Crippen LogP contribution < -0.4 is 0 Å². The fourth-order valence-electron chi connectivity index (χ4n) is 2.06. The number of aryl methyl sites for hydroxylation is 1. The van der Waals surface area contributed by atoms with Gasteiger partial charge in [-0.1, -0.05) is 30.3 Å². The van der Waals surface area contributed by atoms with Gasteiger partial charge in [0, 0.05) is 9.75 Å². The van der Waals surface area contributed by atoms with Gasteiger partial charge in [-0.05, 0) is 23.6 Å². The van der Waals surface area contributed by atoms with Crippen LogP contribution in [0.25, 0.3) is 10.4 Å². The maximum absolute atomic E-state index is 4.15. The second kappa shape index (κ2) is 3.83. The van der Waals surface area contributed by atoms with Crippen molar-refractivity contribution in [2.24, 2.45) is 10.2 Å². The third kappa shape index (κ3) is 1.48. The molecule has 0 radical (unpaired) electrons. The summed E-state index contributed by atoms with van der Waals surface area (Å²) in [7, 11) is 0. The van der Waals surface area contributed by atoms with Gasteiger partial charge in [0.15, 0.2) is 0 Å². The first-order valence-corrected chi connectivity index (χ1v) is 6.17. The summed E-state index contributed by atoms with van der Waals surface area (Å²) in [5.41, 5.74) is 4.07. The van der Waals surface area contributed by atoms with Crippen molar-refractivity contribution in [1.82, 2.24) is 0 Å². The number of nitrogens with zero attached hydrogens (tertiary/aromatic N) is 2. The standard InChI is InChI=1S/C13H12N2S/c1-9-11-7-14-15-8-12(11)13(16-9)10-5-3-2-4-6-10/h2-6H,7-8H2,1H3. The second-order valence-electron chi connectivity index (χ2n) is 3.91. The number of hydrogen-bond donors (Lipinski definition) is 0. The van der Waals surface area contributed by atoms with Crippen molar-refractivity contribution in [3.05, 3.63) is 46.3 Å². The van der Waals surface area contributed by atoms with Gasteiger partial charge in [-0.25, -0.2) is 0 Å². The molecule has 0 spiro atoms. The van der Waals surface area contributed by atoms with Crippen molar-refractivity contribution < 1.29 is 0 Å². The quantitative estimate of drug-likeness (QED) is 0.699. The van der Waals surface area contributed by atoms with Crippen LogP contribution in [0.4, 0.5) is 0 Å². The van der Waals surface area contributed by atoms with Gasteiger partial charge >= 0.3 is 0 Å². The molecule has 0 fully saturated rings. The van der Waals surface area contributed by atoms with E-state index in [0.717, 1.165) is 13.1 Å². The first kappa shape index (κ1) is 9.73. The zero-order valence-electron chi connectivity index (χ0n) is 9.10. The van der Waals surface area contributed by atoms with Crippen LogP contribution in [0, 0.1) is 6.92 Å². The van der Waals surface area contributed by atoms with E-state index >= 15 is 0 Å². The van der Waals surface area contributed by atoms with Crippen LogP contribution in [-0.2, 0) is 13.1 Å². The molecule has 2 aromatic rings. The molecule has 0 N–H and O–H groups in total. The highest BCUT2D eigenvalue weighted by Gasteiger charge is 2.18. The Morgan fingerprint density at radius 2 is 1.69 bits per heavy atom. The van der Waals surface area contributed by atoms with E-state index < -0.39 is 0 Å². The van der Waals surface area contributed by atoms with Gasteiger partial charge in [0.25, 0.3) is 0 Å². The summed E-state index contributed by atoms with van der Waals surface area (Å²) in [6.45, 7) is 3.67. The average Bonchev–Trinajstić information content (AvgIpc) is 2.69. The number of azo groups is 1. The predicted octanol–water partition coefficient (Wildman–Crippen LogP) is 4.19. The summed E-state index contributed by atoms with van der Waals surface area (Å²) >= 11 is 1.86. The van der Waals surface area contributed by atoms with E-state index in [2.05, 4.69) is 47.5 Å². The Hall–Kier alpha value is -1.48. The summed E-state index contributed by atoms with van der Waals surface area (Å²) in [5.74, 6) is 0. The molecule has 2 nitrogen and oxygen atoms in total. The van der Waals surface area contributed by atoms with E-state index in [4.69, 9.17) is 0 Å². The minimum Gasteiger partial charge on any atom is -0.189 e. The lowest BCUT2D eigenvalue weighted by atomic mass is 10.0. The Morgan fingerprint density at radius 3 is 2.44 bits per heavy atom. The third-order valence-electron chi connectivity index (χ3n) is 2.91. The van der Waals surface area contributed by atoms with Gasteiger partial charge in [-0.15, -0.1) is 11.3 Å². The van der Waals surface area contributed by atoms with Crippen LogP contribution in [0.5, 0.6) is 0 Å². The fourth-order valence-corrected chi connectivity index (χ4v) is 3.25. The van der Waals surface area contributed by atoms with Crippen molar-refractivity contribution in [2.75, 3.05) is 0 Å². The highest BCUT2D eigenvalue weighted by atomic mass is 32.1. The van der Waals surface area contributed by atoms with Gasteiger partial charge in [0.05, 0.1) is 13.1 Å². The van der Waals surface area contributed by atoms with E-state index in [-0.39, 0.29) is 0 Å². The van der Waals surface area contributed by atoms with Crippen LogP contribution in [0.15, 0.2) is 40.6 Å². The number of fused-ring (bicyclic) bond motifs is 1. The van der Waals surface area contributed by atoms with E-state index in [1.165, 1.54) is 26.4 Å². The molecule has 0 atom stereocenters. The third-order valence-corrected chi connectivity index (χ3v) is 4.15. The molecule has 1 aliphatic rings. The van der Waals surface area contributed by atoms with E-state index in [0.29, 0.717) is 0 Å². The van der Waals surface area contributed by atoms with Crippen molar-refractivity contribution in [1.29, 1.82) is 0 Å². The fraction of sp³-hybridized carbons (Fsp3) is 0.231. The van der Waals surface area contributed by atoms with Crippen molar-refractivity contribution in [2.45, 2.75) is 20.0 Å². The molecular formula is C13H12N2S. The normalized spacial score (nSPS) is 13.8. The van der Waals surface area contributed by atoms with Crippen LogP contribution in [-0.4, -0.2) is 0 Å². The monoisotopic (exact) mass is 228 g/mol. The molecular weight excluding hydrogens is 216 g/mol. The molecule has 3 rings (SSSR count). The number of hydrogen-bond acceptors (Lipinski definition) is 3. The van der Waals surface area contributed by atoms with Gasteiger partial charge in [0.2, 0.25) is 0 Å². The number of benzene rings is 1. The molecule has 0 aliphatic carbocycles. The summed E-state index contributed by atoms with van der Waals surface area (Å²) in [5, 5.41) is 8.27. The molecule has 1 aromatic heterocycles. The zero-order valence-corrected chi connectivity index (χ0v) is 9.92. The van der Waals surface area contributed by atoms with Gasteiger partial charge in [0.1, 0.15) is 0 Å². The minimum absolute atomic E-state index is 0.740. The maximum Gasteiger partial charge on any atom is 0.0867 e. The topological polar surface area (TPSA) is 24.7 Å². The molecule has 0 saturated heterocycles. The lowest BCUT2D eigenvalue weighted by molar-refractivity contribution is 0.794. The van der Waals surface area contributed by atoms with E-state index in [1.54, 1.807) is 0 Å². The van der Waals surface area contributed by atoms with Crippen LogP contribution in [0.1, 0.15) is 16.0 Å². The molecule has 1 aromatic carbocycles. The molecule has 0 unspecified atom stereocenters. The van der Waals surface area contributed by atoms with E-state index in [1.807, 2.05) is 11.3 Å². The Morgan fingerprint density at radius 1 is 1.00 bits per heavy atom. The Labute approximate surface area is 98.7 Å². The van der Waals surface area contributed by atoms with Gasteiger partial charge in [-0.2, -0.15) is 10.2 Å². The SMILES string of the molecule is Cc1sc(-c2ccccc2)c2c1CN=NC2. The predicted molar refractivity (Wildman–Crippen MR) is 66.8 cm³/mol. The highest BCUT2D eigenvalue weighted by Crippen LogP contribution is 2.38. The number of thiophene rings is 1. The van der Waals surface area contributed by atoms with Gasteiger partial charge in [-0.3, -0.25) is 0 Å². The maximum atomic E-state index is 4.15. The van der Waals surface area contributed by atoms with Gasteiger partial charge < -0.3 is 0 Å². The average molecular weight is 228 g/mol. The summed E-state index contributed by atoms with van der Waals surface area (Å²) < 4.78 is 0. The number of rotatable bonds is 1. The second-order valence-corrected chi connectivity index (χ2v) is 5.13. The zero-order chi connectivity index (χ0) is 11.0. The first-order valence-electron chi connectivity index (χ1n) is 5.36. The smallest absolute Gasteiger partial charge is 0.0867 e. The molecule has 16 heavy (non-hydrogen) atoms. The minimum atomic E-state index is 0.740. The lowest BCUT2D eigenvalue weighted by Crippen LogP contribution is -1.95. The van der Waals surface area contributed by atoms with Crippen molar-refractivity contribution in [3.8, 4) is 10.4 Å². The van der Waals surface area contributed by atoms with Crippen LogP contribution >= 0.6 is 11.3 Å². The van der Waals surface area contributed by atoms with Crippen molar-refractivity contribution >= 4 is 11.3 Å². The lowest BCUT2D eigenvalue weighted by Gasteiger charge is -2.07. The molecule has 0 bridgehead atoms. The Bertz CT molecular complexity index is 541. The first-order chi connectivity index (χ1) is 7.86. The van der Waals surface area contributed by atoms with E-state index in [9.17, 15) is 0 Å². The molecule has 0 amide bonds. The Kier molecular flexibility index (Phi) is 2.33.